The molecule has 0 saturated carbocycles. The van der Waals surface area contributed by atoms with Crippen molar-refractivity contribution in [2.75, 3.05) is 13.7 Å². The minimum Gasteiger partial charge on any atom is -0.493 e. The Bertz CT molecular complexity index is 536. The largest absolute Gasteiger partial charge is 0.493 e. The highest BCUT2D eigenvalue weighted by molar-refractivity contribution is 5.48. The number of hydrogen-bond acceptors (Lipinski definition) is 4. The average molecular weight is 259 g/mol. The highest BCUT2D eigenvalue weighted by atomic mass is 16.5. The van der Waals surface area contributed by atoms with Crippen molar-refractivity contribution in [3.63, 3.8) is 0 Å². The number of benzene rings is 1. The molecule has 0 radical (unpaired) electrons. The lowest BCUT2D eigenvalue weighted by atomic mass is 10.0. The van der Waals surface area contributed by atoms with Gasteiger partial charge < -0.3 is 19.2 Å². The van der Waals surface area contributed by atoms with E-state index in [9.17, 15) is 0 Å². The molecule has 4 heteroatoms. The summed E-state index contributed by atoms with van der Waals surface area (Å²) in [6.07, 6.45) is 2.63. The van der Waals surface area contributed by atoms with Crippen molar-refractivity contribution in [3.05, 3.63) is 47.9 Å². The first kappa shape index (κ1) is 12.1. The molecule has 3 rings (SSSR count). The number of rotatable bonds is 4. The number of furan rings is 1. The SMILES string of the molecule is COc1cccc2c1OC[C@@H](NCc1ccco1)C2. The van der Waals surface area contributed by atoms with Crippen LogP contribution in [0.2, 0.25) is 0 Å². The summed E-state index contributed by atoms with van der Waals surface area (Å²) in [6.45, 7) is 1.37. The predicted molar refractivity (Wildman–Crippen MR) is 71.5 cm³/mol. The molecule has 1 N–H and O–H groups in total. The van der Waals surface area contributed by atoms with Crippen molar-refractivity contribution in [2.45, 2.75) is 19.0 Å². The van der Waals surface area contributed by atoms with Gasteiger partial charge in [-0.2, -0.15) is 0 Å². The molecule has 0 fully saturated rings. The van der Waals surface area contributed by atoms with Gasteiger partial charge in [0.2, 0.25) is 0 Å². The van der Waals surface area contributed by atoms with Crippen LogP contribution in [0.4, 0.5) is 0 Å². The molecular weight excluding hydrogens is 242 g/mol. The second kappa shape index (κ2) is 5.36. The summed E-state index contributed by atoms with van der Waals surface area (Å²) in [4.78, 5) is 0. The molecule has 0 amide bonds. The van der Waals surface area contributed by atoms with E-state index >= 15 is 0 Å². The highest BCUT2D eigenvalue weighted by Crippen LogP contribution is 2.34. The second-order valence-corrected chi connectivity index (χ2v) is 4.62. The first-order chi connectivity index (χ1) is 9.36. The molecule has 0 aliphatic carbocycles. The fraction of sp³-hybridized carbons (Fsp3) is 0.333. The molecule has 2 aromatic rings. The molecule has 1 aliphatic rings. The monoisotopic (exact) mass is 259 g/mol. The molecule has 100 valence electrons. The summed E-state index contributed by atoms with van der Waals surface area (Å²) >= 11 is 0. The molecule has 2 heterocycles. The van der Waals surface area contributed by atoms with Gasteiger partial charge >= 0.3 is 0 Å². The Labute approximate surface area is 112 Å². The van der Waals surface area contributed by atoms with E-state index in [0.717, 1.165) is 30.2 Å². The summed E-state index contributed by atoms with van der Waals surface area (Å²) < 4.78 is 16.4. The van der Waals surface area contributed by atoms with E-state index < -0.39 is 0 Å². The minimum absolute atomic E-state index is 0.296. The number of nitrogens with one attached hydrogen (secondary N) is 1. The number of ether oxygens (including phenoxy) is 2. The first-order valence-corrected chi connectivity index (χ1v) is 6.41. The van der Waals surface area contributed by atoms with E-state index in [1.807, 2.05) is 24.3 Å². The van der Waals surface area contributed by atoms with Crippen LogP contribution < -0.4 is 14.8 Å². The summed E-state index contributed by atoms with van der Waals surface area (Å²) in [7, 11) is 1.67. The van der Waals surface area contributed by atoms with Gasteiger partial charge in [0.15, 0.2) is 11.5 Å². The van der Waals surface area contributed by atoms with Crippen LogP contribution in [-0.2, 0) is 13.0 Å². The third kappa shape index (κ3) is 2.58. The van der Waals surface area contributed by atoms with Gasteiger partial charge in [0, 0.05) is 6.04 Å². The molecule has 19 heavy (non-hydrogen) atoms. The summed E-state index contributed by atoms with van der Waals surface area (Å²) in [6, 6.07) is 10.2. The lowest BCUT2D eigenvalue weighted by Gasteiger charge is -2.27. The Kier molecular flexibility index (Phi) is 3.42. The topological polar surface area (TPSA) is 43.6 Å². The van der Waals surface area contributed by atoms with Gasteiger partial charge in [0.25, 0.3) is 0 Å². The van der Waals surface area contributed by atoms with Gasteiger partial charge in [-0.3, -0.25) is 0 Å². The fourth-order valence-electron chi connectivity index (χ4n) is 2.34. The number of methoxy groups -OCH3 is 1. The smallest absolute Gasteiger partial charge is 0.164 e. The quantitative estimate of drug-likeness (QED) is 0.915. The van der Waals surface area contributed by atoms with Gasteiger partial charge in [-0.25, -0.2) is 0 Å². The average Bonchev–Trinajstić information content (AvgIpc) is 2.97. The maximum absolute atomic E-state index is 5.81. The van der Waals surface area contributed by atoms with Crippen LogP contribution in [0.15, 0.2) is 41.0 Å². The minimum atomic E-state index is 0.296. The van der Waals surface area contributed by atoms with E-state index in [1.165, 1.54) is 5.56 Å². The zero-order valence-corrected chi connectivity index (χ0v) is 10.9. The second-order valence-electron chi connectivity index (χ2n) is 4.62. The van der Waals surface area contributed by atoms with E-state index in [-0.39, 0.29) is 0 Å². The lowest BCUT2D eigenvalue weighted by molar-refractivity contribution is 0.224. The van der Waals surface area contributed by atoms with Crippen molar-refractivity contribution < 1.29 is 13.9 Å². The zero-order valence-electron chi connectivity index (χ0n) is 10.9. The maximum atomic E-state index is 5.81. The van der Waals surface area contributed by atoms with Crippen LogP contribution in [-0.4, -0.2) is 19.8 Å². The molecule has 0 bridgehead atoms. The van der Waals surface area contributed by atoms with Crippen molar-refractivity contribution in [1.29, 1.82) is 0 Å². The van der Waals surface area contributed by atoms with Crippen LogP contribution in [0.1, 0.15) is 11.3 Å². The summed E-state index contributed by atoms with van der Waals surface area (Å²) in [5.74, 6) is 2.62. The van der Waals surface area contributed by atoms with E-state index in [4.69, 9.17) is 13.9 Å². The molecule has 1 atom stereocenters. The Morgan fingerprint density at radius 1 is 1.32 bits per heavy atom. The number of para-hydroxylation sites is 1. The molecule has 1 aliphatic heterocycles. The molecule has 4 nitrogen and oxygen atoms in total. The third-order valence-electron chi connectivity index (χ3n) is 3.32. The molecular formula is C15H17NO3. The summed E-state index contributed by atoms with van der Waals surface area (Å²) in [5, 5.41) is 3.44. The van der Waals surface area contributed by atoms with Gasteiger partial charge in [-0.15, -0.1) is 0 Å². The molecule has 1 aromatic heterocycles. The van der Waals surface area contributed by atoms with Crippen LogP contribution in [0.3, 0.4) is 0 Å². The van der Waals surface area contributed by atoms with Gasteiger partial charge in [-0.05, 0) is 30.2 Å². The van der Waals surface area contributed by atoms with Crippen molar-refractivity contribution >= 4 is 0 Å². The van der Waals surface area contributed by atoms with Crippen molar-refractivity contribution in [2.24, 2.45) is 0 Å². The van der Waals surface area contributed by atoms with E-state index in [1.54, 1.807) is 13.4 Å². The lowest BCUT2D eigenvalue weighted by Crippen LogP contribution is -2.38. The zero-order chi connectivity index (χ0) is 13.1. The Balaban J connectivity index is 1.65. The third-order valence-corrected chi connectivity index (χ3v) is 3.32. The summed E-state index contributed by atoms with van der Waals surface area (Å²) in [5.41, 5.74) is 1.18. The molecule has 0 saturated heterocycles. The Morgan fingerprint density at radius 3 is 3.05 bits per heavy atom. The van der Waals surface area contributed by atoms with E-state index in [0.29, 0.717) is 12.6 Å². The van der Waals surface area contributed by atoms with E-state index in [2.05, 4.69) is 11.4 Å². The van der Waals surface area contributed by atoms with Gasteiger partial charge in [-0.1, -0.05) is 12.1 Å². The number of hydrogen-bond donors (Lipinski definition) is 1. The predicted octanol–water partition coefficient (Wildman–Crippen LogP) is 2.38. The molecule has 0 spiro atoms. The van der Waals surface area contributed by atoms with Crippen LogP contribution >= 0.6 is 0 Å². The van der Waals surface area contributed by atoms with Gasteiger partial charge in [0.05, 0.1) is 19.9 Å². The van der Waals surface area contributed by atoms with Crippen molar-refractivity contribution in [3.8, 4) is 11.5 Å². The van der Waals surface area contributed by atoms with Crippen LogP contribution in [0.25, 0.3) is 0 Å². The standard InChI is InChI=1S/C15H17NO3/c1-17-14-6-2-4-11-8-12(10-19-15(11)14)16-9-13-5-3-7-18-13/h2-7,12,16H,8-10H2,1H3/t12-/m0/s1. The van der Waals surface area contributed by atoms with Gasteiger partial charge in [0.1, 0.15) is 12.4 Å². The highest BCUT2D eigenvalue weighted by Gasteiger charge is 2.22. The Hall–Kier alpha value is -1.94. The molecule has 1 aromatic carbocycles. The Morgan fingerprint density at radius 2 is 2.26 bits per heavy atom. The molecule has 0 unspecified atom stereocenters. The normalized spacial score (nSPS) is 17.6. The maximum Gasteiger partial charge on any atom is 0.164 e. The van der Waals surface area contributed by atoms with Crippen LogP contribution in [0, 0.1) is 0 Å². The fourth-order valence-corrected chi connectivity index (χ4v) is 2.34. The number of fused-ring (bicyclic) bond motifs is 1. The van der Waals surface area contributed by atoms with Crippen LogP contribution in [0.5, 0.6) is 11.5 Å². The first-order valence-electron chi connectivity index (χ1n) is 6.41. The van der Waals surface area contributed by atoms with Crippen molar-refractivity contribution in [1.82, 2.24) is 5.32 Å².